The van der Waals surface area contributed by atoms with E-state index in [4.69, 9.17) is 18.9 Å². The molecule has 1 aliphatic heterocycles. The minimum atomic E-state index is -5.57. The molecule has 1 aliphatic rings. The summed E-state index contributed by atoms with van der Waals surface area (Å²) >= 11 is 0. The molecule has 0 aliphatic carbocycles. The van der Waals surface area contributed by atoms with Gasteiger partial charge in [-0.3, -0.25) is 0 Å². The number of alkyl halides is 6. The van der Waals surface area contributed by atoms with Gasteiger partial charge >= 0.3 is 12.4 Å². The molecule has 3 heterocycles. The summed E-state index contributed by atoms with van der Waals surface area (Å²) in [4.78, 5) is 7.24. The highest BCUT2D eigenvalue weighted by atomic mass is 19.4. The van der Waals surface area contributed by atoms with Crippen molar-refractivity contribution in [3.05, 3.63) is 82.9 Å². The van der Waals surface area contributed by atoms with Crippen LogP contribution in [0.3, 0.4) is 0 Å². The summed E-state index contributed by atoms with van der Waals surface area (Å²) in [5.74, 6) is -16.6. The minimum Gasteiger partial charge on any atom is -0.436 e. The molecule has 0 atom stereocenters. The first-order valence-electron chi connectivity index (χ1n) is 10.6. The van der Waals surface area contributed by atoms with Crippen molar-refractivity contribution in [1.82, 2.24) is 9.97 Å². The molecule has 0 fully saturated rings. The number of benzene rings is 2. The smallest absolute Gasteiger partial charge is 0.422 e. The molecule has 0 saturated carbocycles. The summed E-state index contributed by atoms with van der Waals surface area (Å²) in [6.07, 6.45) is -11.1. The van der Waals surface area contributed by atoms with Crippen molar-refractivity contribution in [2.24, 2.45) is 0 Å². The van der Waals surface area contributed by atoms with Crippen LogP contribution in [0.1, 0.15) is 11.1 Å². The summed E-state index contributed by atoms with van der Waals surface area (Å²) in [6.45, 7) is 0. The molecule has 40 heavy (non-hydrogen) atoms. The fourth-order valence-corrected chi connectivity index (χ4v) is 3.44. The molecule has 208 valence electrons. The first-order chi connectivity index (χ1) is 18.7. The first kappa shape index (κ1) is 26.8. The number of aromatic nitrogens is 2. The Morgan fingerprint density at radius 2 is 0.700 bits per heavy atom. The highest BCUT2D eigenvalue weighted by Gasteiger charge is 2.43. The second-order valence-electron chi connectivity index (χ2n) is 7.78. The van der Waals surface area contributed by atoms with Crippen LogP contribution in [0, 0.1) is 23.3 Å². The van der Waals surface area contributed by atoms with Crippen LogP contribution in [-0.2, 0) is 12.4 Å². The van der Waals surface area contributed by atoms with Crippen molar-refractivity contribution in [2.75, 3.05) is 0 Å². The van der Waals surface area contributed by atoms with Crippen LogP contribution in [0.2, 0.25) is 0 Å². The SMILES string of the molecule is Fc1c2cc(c(F)c1C(F)(F)F)Oc1cccc(n1)Oc1cc(c(F)c(C(F)(F)F)c1F)Oc1cccc(n1)O2. The number of pyridine rings is 2. The van der Waals surface area contributed by atoms with Crippen molar-refractivity contribution in [1.29, 1.82) is 0 Å². The molecular weight excluding hydrogens is 570 g/mol. The topological polar surface area (TPSA) is 62.7 Å². The second-order valence-corrected chi connectivity index (χ2v) is 7.78. The lowest BCUT2D eigenvalue weighted by Gasteiger charge is -2.18. The van der Waals surface area contributed by atoms with E-state index < -0.39 is 93.3 Å². The maximum atomic E-state index is 14.8. The molecule has 2 aromatic heterocycles. The molecule has 6 nitrogen and oxygen atoms in total. The average molecular weight is 578 g/mol. The lowest BCUT2D eigenvalue weighted by Crippen LogP contribution is -2.14. The largest absolute Gasteiger partial charge is 0.436 e. The number of hydrogen-bond donors (Lipinski definition) is 0. The Hall–Kier alpha value is -4.76. The van der Waals surface area contributed by atoms with Gasteiger partial charge in [-0.05, 0) is 0 Å². The third-order valence-corrected chi connectivity index (χ3v) is 5.09. The maximum absolute atomic E-state index is 14.8. The summed E-state index contributed by atoms with van der Waals surface area (Å²) in [7, 11) is 0. The zero-order valence-electron chi connectivity index (χ0n) is 18.9. The molecule has 0 amide bonds. The molecule has 2 aromatic carbocycles. The average Bonchev–Trinajstić information content (AvgIpc) is 2.84. The Balaban J connectivity index is 1.75. The van der Waals surface area contributed by atoms with Crippen LogP contribution < -0.4 is 18.9 Å². The fourth-order valence-electron chi connectivity index (χ4n) is 3.44. The molecule has 16 heteroatoms. The molecular formula is C24H8F10N2O4. The van der Waals surface area contributed by atoms with E-state index in [2.05, 4.69) is 9.97 Å². The highest BCUT2D eigenvalue weighted by molar-refractivity contribution is 5.48. The van der Waals surface area contributed by atoms with Gasteiger partial charge in [-0.25, -0.2) is 17.6 Å². The lowest BCUT2D eigenvalue weighted by atomic mass is 10.1. The van der Waals surface area contributed by atoms with Crippen LogP contribution >= 0.6 is 0 Å². The van der Waals surface area contributed by atoms with Crippen molar-refractivity contribution < 1.29 is 62.9 Å². The Bertz CT molecular complexity index is 1430. The quantitative estimate of drug-likeness (QED) is 0.172. The van der Waals surface area contributed by atoms with Crippen LogP contribution in [0.4, 0.5) is 43.9 Å². The van der Waals surface area contributed by atoms with Gasteiger partial charge in [0.05, 0.1) is 0 Å². The molecule has 0 N–H and O–H groups in total. The van der Waals surface area contributed by atoms with Gasteiger partial charge in [-0.2, -0.15) is 36.3 Å². The number of rotatable bonds is 0. The number of hydrogen-bond acceptors (Lipinski definition) is 6. The highest BCUT2D eigenvalue weighted by Crippen LogP contribution is 2.45. The van der Waals surface area contributed by atoms with Crippen LogP contribution in [-0.4, -0.2) is 9.97 Å². The van der Waals surface area contributed by atoms with E-state index in [0.717, 1.165) is 36.4 Å². The van der Waals surface area contributed by atoms with Crippen LogP contribution in [0.15, 0.2) is 48.5 Å². The van der Waals surface area contributed by atoms with Gasteiger partial charge < -0.3 is 18.9 Å². The third kappa shape index (κ3) is 4.99. The fraction of sp³-hybridized carbons (Fsp3) is 0.0833. The van der Waals surface area contributed by atoms with Gasteiger partial charge in [-0.1, -0.05) is 12.1 Å². The molecule has 0 unspecified atom stereocenters. The predicted octanol–water partition coefficient (Wildman–Crippen LogP) is 8.55. The molecule has 0 spiro atoms. The van der Waals surface area contributed by atoms with Crippen molar-refractivity contribution >= 4 is 0 Å². The molecule has 8 bridgehead atoms. The number of halogens is 10. The normalized spacial score (nSPS) is 13.1. The minimum absolute atomic E-state index is 0.410. The van der Waals surface area contributed by atoms with E-state index in [0.29, 0.717) is 12.1 Å². The maximum Gasteiger partial charge on any atom is 0.422 e. The third-order valence-electron chi connectivity index (χ3n) is 5.09. The Labute approximate surface area is 215 Å². The summed E-state index contributed by atoms with van der Waals surface area (Å²) in [6, 6.07) is 6.72. The zero-order chi connectivity index (χ0) is 29.0. The molecule has 4 aromatic rings. The summed E-state index contributed by atoms with van der Waals surface area (Å²) in [5, 5.41) is 0. The first-order valence-corrected chi connectivity index (χ1v) is 10.6. The van der Waals surface area contributed by atoms with Gasteiger partial charge in [0, 0.05) is 36.4 Å². The van der Waals surface area contributed by atoms with Crippen molar-refractivity contribution in [3.8, 4) is 46.5 Å². The van der Waals surface area contributed by atoms with E-state index >= 15 is 0 Å². The summed E-state index contributed by atoms with van der Waals surface area (Å²) < 4.78 is 160. The number of fused-ring (bicyclic) bond motifs is 8. The van der Waals surface area contributed by atoms with E-state index in [1.165, 1.54) is 0 Å². The zero-order valence-corrected chi connectivity index (χ0v) is 18.9. The standard InChI is InChI=1S/C24H8F10N2O4/c25-19-9-7-11(21(27)17(19)23(29,30)31)39-15-5-2-6-16(36-15)40-12-8-10(20(26)18(22(12)28)24(32,33)34)38-14-4-1-3-13(35-14)37-9/h1-8H. The monoisotopic (exact) mass is 578 g/mol. The van der Waals surface area contributed by atoms with E-state index in [-0.39, 0.29) is 0 Å². The Morgan fingerprint density at radius 1 is 0.450 bits per heavy atom. The molecule has 5 rings (SSSR count). The Kier molecular flexibility index (Phi) is 6.35. The van der Waals surface area contributed by atoms with Gasteiger partial charge in [0.1, 0.15) is 11.1 Å². The van der Waals surface area contributed by atoms with Gasteiger partial charge in [0.15, 0.2) is 46.3 Å². The van der Waals surface area contributed by atoms with E-state index in [9.17, 15) is 43.9 Å². The van der Waals surface area contributed by atoms with E-state index in [1.807, 2.05) is 0 Å². The predicted molar refractivity (Wildman–Crippen MR) is 111 cm³/mol. The van der Waals surface area contributed by atoms with Crippen molar-refractivity contribution in [2.45, 2.75) is 12.4 Å². The van der Waals surface area contributed by atoms with Crippen LogP contribution in [0.5, 0.6) is 46.5 Å². The number of nitrogens with zero attached hydrogens (tertiary/aromatic N) is 2. The van der Waals surface area contributed by atoms with Gasteiger partial charge in [-0.15, -0.1) is 0 Å². The second kappa shape index (κ2) is 9.46. The van der Waals surface area contributed by atoms with Gasteiger partial charge in [0.25, 0.3) is 0 Å². The number of ether oxygens (including phenoxy) is 4. The van der Waals surface area contributed by atoms with Crippen LogP contribution in [0.25, 0.3) is 0 Å². The molecule has 0 saturated heterocycles. The van der Waals surface area contributed by atoms with Crippen molar-refractivity contribution in [3.63, 3.8) is 0 Å². The van der Waals surface area contributed by atoms with E-state index in [1.54, 1.807) is 0 Å². The summed E-state index contributed by atoms with van der Waals surface area (Å²) in [5.41, 5.74) is -4.78. The van der Waals surface area contributed by atoms with Gasteiger partial charge in [0.2, 0.25) is 23.5 Å². The lowest BCUT2D eigenvalue weighted by molar-refractivity contribution is -0.143. The Morgan fingerprint density at radius 3 is 0.925 bits per heavy atom. The molecule has 0 radical (unpaired) electrons.